The highest BCUT2D eigenvalue weighted by Crippen LogP contribution is 2.34. The van der Waals surface area contributed by atoms with Crippen LogP contribution >= 0.6 is 46.6 Å². The first-order valence-corrected chi connectivity index (χ1v) is 7.84. The largest absolute Gasteiger partial charge is 0.467 e. The zero-order chi connectivity index (χ0) is 14.9. The fraction of sp³-hybridized carbons (Fsp3) is 0.250. The van der Waals surface area contributed by atoms with E-state index in [9.17, 15) is 9.59 Å². The van der Waals surface area contributed by atoms with Crippen LogP contribution in [0.15, 0.2) is 21.5 Å². The molecule has 1 aromatic rings. The number of thioether (sulfide) groups is 1. The van der Waals surface area contributed by atoms with Crippen molar-refractivity contribution >= 4 is 68.8 Å². The van der Waals surface area contributed by atoms with E-state index in [0.29, 0.717) is 15.0 Å². The summed E-state index contributed by atoms with van der Waals surface area (Å²) in [4.78, 5) is 25.5. The van der Waals surface area contributed by atoms with E-state index in [-0.39, 0.29) is 5.91 Å². The maximum atomic E-state index is 12.3. The number of furan rings is 1. The van der Waals surface area contributed by atoms with Gasteiger partial charge in [-0.15, -0.1) is 0 Å². The second kappa shape index (κ2) is 6.27. The van der Waals surface area contributed by atoms with Gasteiger partial charge in [0.25, 0.3) is 5.91 Å². The Labute approximate surface area is 138 Å². The Morgan fingerprint density at radius 2 is 2.30 bits per heavy atom. The number of rotatable bonds is 3. The summed E-state index contributed by atoms with van der Waals surface area (Å²) in [5, 5.41) is 0. The molecule has 0 aliphatic carbocycles. The van der Waals surface area contributed by atoms with Crippen LogP contribution in [-0.4, -0.2) is 34.2 Å². The van der Waals surface area contributed by atoms with Crippen molar-refractivity contribution in [2.45, 2.75) is 13.0 Å². The molecule has 2 rings (SSSR count). The zero-order valence-electron chi connectivity index (χ0n) is 10.6. The standard InChI is InChI=1S/C12H10INO4S2/c1-6(11(16)17-2)14-10(15)8(20-12(14)19)5-7-3-4-9(13)18-7/h3-6H,1-2H3/b8-5-. The number of nitrogens with zero attached hydrogens (tertiary/aromatic N) is 1. The predicted octanol–water partition coefficient (Wildman–Crippen LogP) is 2.65. The molecular formula is C12H10INO4S2. The van der Waals surface area contributed by atoms with Crippen LogP contribution in [0, 0.1) is 3.77 Å². The second-order valence-electron chi connectivity index (χ2n) is 3.89. The topological polar surface area (TPSA) is 59.8 Å². The van der Waals surface area contributed by atoms with E-state index in [0.717, 1.165) is 15.5 Å². The monoisotopic (exact) mass is 423 g/mol. The predicted molar refractivity (Wildman–Crippen MR) is 87.9 cm³/mol. The summed E-state index contributed by atoms with van der Waals surface area (Å²) in [5.74, 6) is -0.250. The lowest BCUT2D eigenvalue weighted by Gasteiger charge is -2.20. The van der Waals surface area contributed by atoms with Crippen molar-refractivity contribution in [1.29, 1.82) is 0 Å². The Morgan fingerprint density at radius 1 is 1.60 bits per heavy atom. The van der Waals surface area contributed by atoms with Gasteiger partial charge in [-0.3, -0.25) is 9.69 Å². The summed E-state index contributed by atoms with van der Waals surface area (Å²) in [5.41, 5.74) is 0. The summed E-state index contributed by atoms with van der Waals surface area (Å²) in [7, 11) is 1.27. The number of methoxy groups -OCH3 is 1. The van der Waals surface area contributed by atoms with Crippen LogP contribution in [0.2, 0.25) is 0 Å². The Hall–Kier alpha value is -0.870. The normalized spacial score (nSPS) is 18.8. The quantitative estimate of drug-likeness (QED) is 0.323. The van der Waals surface area contributed by atoms with Crippen molar-refractivity contribution < 1.29 is 18.7 Å². The molecule has 0 aromatic carbocycles. The van der Waals surface area contributed by atoms with Crippen molar-refractivity contribution in [3.63, 3.8) is 0 Å². The number of carbonyl (C=O) groups is 2. The van der Waals surface area contributed by atoms with Crippen LogP contribution in [0.1, 0.15) is 12.7 Å². The number of halogens is 1. The van der Waals surface area contributed by atoms with Crippen LogP contribution in [0.5, 0.6) is 0 Å². The van der Waals surface area contributed by atoms with E-state index in [1.54, 1.807) is 25.1 Å². The Balaban J connectivity index is 2.25. The summed E-state index contributed by atoms with van der Waals surface area (Å²) < 4.78 is 11.1. The summed E-state index contributed by atoms with van der Waals surface area (Å²) in [6, 6.07) is 2.82. The first-order valence-electron chi connectivity index (χ1n) is 5.54. The van der Waals surface area contributed by atoms with E-state index in [1.165, 1.54) is 12.0 Å². The lowest BCUT2D eigenvalue weighted by atomic mass is 10.3. The molecule has 1 aliphatic rings. The lowest BCUT2D eigenvalue weighted by Crippen LogP contribution is -2.42. The van der Waals surface area contributed by atoms with Crippen LogP contribution in [-0.2, 0) is 14.3 Å². The molecule has 1 fully saturated rings. The third-order valence-electron chi connectivity index (χ3n) is 2.62. The molecule has 0 saturated carbocycles. The molecule has 5 nitrogen and oxygen atoms in total. The number of esters is 1. The third kappa shape index (κ3) is 3.07. The van der Waals surface area contributed by atoms with Gasteiger partial charge < -0.3 is 9.15 Å². The molecule has 2 heterocycles. The van der Waals surface area contributed by atoms with Crippen molar-refractivity contribution in [2.75, 3.05) is 7.11 Å². The number of hydrogen-bond donors (Lipinski definition) is 0. The summed E-state index contributed by atoms with van der Waals surface area (Å²) >= 11 is 8.33. The van der Waals surface area contributed by atoms with Gasteiger partial charge in [-0.05, 0) is 41.6 Å². The molecule has 0 bridgehead atoms. The minimum atomic E-state index is -0.741. The van der Waals surface area contributed by atoms with Gasteiger partial charge in [0.1, 0.15) is 16.1 Å². The average Bonchev–Trinajstić information content (AvgIpc) is 2.93. The SMILES string of the molecule is COC(=O)C(C)N1C(=O)/C(=C/c2ccc(I)o2)SC1=S. The number of thiocarbonyl (C=S) groups is 1. The van der Waals surface area contributed by atoms with Gasteiger partial charge in [0.05, 0.1) is 12.0 Å². The molecule has 0 N–H and O–H groups in total. The smallest absolute Gasteiger partial charge is 0.328 e. The molecule has 106 valence electrons. The van der Waals surface area contributed by atoms with E-state index in [4.69, 9.17) is 16.6 Å². The van der Waals surface area contributed by atoms with Crippen LogP contribution in [0.3, 0.4) is 0 Å². The molecule has 0 radical (unpaired) electrons. The molecular weight excluding hydrogens is 413 g/mol. The van der Waals surface area contributed by atoms with E-state index in [1.807, 2.05) is 22.6 Å². The minimum Gasteiger partial charge on any atom is -0.467 e. The number of ether oxygens (including phenoxy) is 1. The van der Waals surface area contributed by atoms with E-state index in [2.05, 4.69) is 4.74 Å². The third-order valence-corrected chi connectivity index (χ3v) is 4.53. The van der Waals surface area contributed by atoms with Gasteiger partial charge in [0.15, 0.2) is 3.77 Å². The van der Waals surface area contributed by atoms with Crippen molar-refractivity contribution in [2.24, 2.45) is 0 Å². The Kier molecular flexibility index (Phi) is 4.86. The Morgan fingerprint density at radius 3 is 2.85 bits per heavy atom. The highest BCUT2D eigenvalue weighted by Gasteiger charge is 2.38. The van der Waals surface area contributed by atoms with Crippen molar-refractivity contribution in [3.05, 3.63) is 26.6 Å². The molecule has 0 spiro atoms. The lowest BCUT2D eigenvalue weighted by molar-refractivity contribution is -0.147. The molecule has 1 unspecified atom stereocenters. The van der Waals surface area contributed by atoms with Gasteiger partial charge >= 0.3 is 5.97 Å². The van der Waals surface area contributed by atoms with Crippen molar-refractivity contribution in [1.82, 2.24) is 4.90 Å². The average molecular weight is 423 g/mol. The van der Waals surface area contributed by atoms with Gasteiger partial charge in [-0.1, -0.05) is 24.0 Å². The fourth-order valence-corrected chi connectivity index (χ4v) is 3.46. The highest BCUT2D eigenvalue weighted by molar-refractivity contribution is 14.1. The van der Waals surface area contributed by atoms with E-state index < -0.39 is 12.0 Å². The summed E-state index contributed by atoms with van der Waals surface area (Å²) in [6.45, 7) is 1.58. The molecule has 1 saturated heterocycles. The van der Waals surface area contributed by atoms with E-state index >= 15 is 0 Å². The number of hydrogen-bond acceptors (Lipinski definition) is 6. The zero-order valence-corrected chi connectivity index (χ0v) is 14.4. The van der Waals surface area contributed by atoms with Gasteiger partial charge in [0, 0.05) is 6.08 Å². The fourth-order valence-electron chi connectivity index (χ4n) is 1.62. The van der Waals surface area contributed by atoms with Gasteiger partial charge in [-0.2, -0.15) is 0 Å². The van der Waals surface area contributed by atoms with Crippen LogP contribution in [0.25, 0.3) is 6.08 Å². The van der Waals surface area contributed by atoms with Crippen molar-refractivity contribution in [3.8, 4) is 0 Å². The molecule has 8 heteroatoms. The molecule has 1 aromatic heterocycles. The van der Waals surface area contributed by atoms with Gasteiger partial charge in [-0.25, -0.2) is 4.79 Å². The number of carbonyl (C=O) groups excluding carboxylic acids is 2. The first-order chi connectivity index (χ1) is 9.43. The Bertz CT molecular complexity index is 610. The minimum absolute atomic E-state index is 0.315. The first kappa shape index (κ1) is 15.5. The second-order valence-corrected chi connectivity index (χ2v) is 6.63. The molecule has 1 amide bonds. The highest BCUT2D eigenvalue weighted by atomic mass is 127. The molecule has 20 heavy (non-hydrogen) atoms. The van der Waals surface area contributed by atoms with Crippen LogP contribution in [0.4, 0.5) is 0 Å². The van der Waals surface area contributed by atoms with Crippen LogP contribution < -0.4 is 0 Å². The van der Waals surface area contributed by atoms with Gasteiger partial charge in [0.2, 0.25) is 0 Å². The number of amides is 1. The maximum Gasteiger partial charge on any atom is 0.328 e. The molecule has 1 aliphatic heterocycles. The molecule has 1 atom stereocenters. The maximum absolute atomic E-state index is 12.3. The summed E-state index contributed by atoms with van der Waals surface area (Å²) in [6.07, 6.45) is 1.62.